The molecule has 2 fully saturated rings. The van der Waals surface area contributed by atoms with Crippen molar-refractivity contribution in [3.8, 4) is 0 Å². The molecule has 0 bridgehead atoms. The molecule has 3 aliphatic rings. The molecule has 2 aromatic rings. The topological polar surface area (TPSA) is 98.0 Å². The van der Waals surface area contributed by atoms with Crippen LogP contribution in [0, 0.1) is 5.92 Å². The molecule has 0 aromatic carbocycles. The summed E-state index contributed by atoms with van der Waals surface area (Å²) in [5, 5.41) is 10.8. The number of hydrogen-bond donors (Lipinski definition) is 3. The first-order valence-electron chi connectivity index (χ1n) is 10.3. The van der Waals surface area contributed by atoms with E-state index in [9.17, 15) is 9.90 Å². The Labute approximate surface area is 180 Å². The molecule has 0 amide bonds. The predicted octanol–water partition coefficient (Wildman–Crippen LogP) is 3.29. The average molecular weight is 431 g/mol. The van der Waals surface area contributed by atoms with Gasteiger partial charge in [0.05, 0.1) is 17.3 Å². The molecule has 1 aliphatic carbocycles. The van der Waals surface area contributed by atoms with Crippen LogP contribution in [-0.2, 0) is 15.1 Å². The number of fused-ring (bicyclic) bond motifs is 1. The molecule has 2 N–H and O–H groups in total. The summed E-state index contributed by atoms with van der Waals surface area (Å²) in [7, 11) is 0. The van der Waals surface area contributed by atoms with Crippen LogP contribution < -0.4 is 5.48 Å². The number of pyridine rings is 1. The second-order valence-corrected chi connectivity index (χ2v) is 9.63. The number of hydrogen-bond acceptors (Lipinski definition) is 7. The minimum atomic E-state index is -0.972. The Morgan fingerprint density at radius 2 is 2.13 bits per heavy atom. The number of carboxylic acids is 1. The van der Waals surface area contributed by atoms with Gasteiger partial charge in [0, 0.05) is 23.6 Å². The van der Waals surface area contributed by atoms with Crippen LogP contribution in [0.4, 0.5) is 0 Å². The Kier molecular flexibility index (Phi) is 4.43. The van der Waals surface area contributed by atoms with E-state index >= 15 is 0 Å². The number of aliphatic imine (C=N–C) groups is 1. The largest absolute Gasteiger partial charge is 0.477 e. The molecule has 1 saturated heterocycles. The first kappa shape index (κ1) is 19.8. The van der Waals surface area contributed by atoms with Gasteiger partial charge in [-0.05, 0) is 51.2 Å². The molecule has 0 radical (unpaired) electrons. The molecular weight excluding hydrogens is 404 g/mol. The molecule has 4 atom stereocenters. The van der Waals surface area contributed by atoms with E-state index in [0.29, 0.717) is 18.4 Å². The number of carbonyl (C=O) groups is 1. The monoisotopic (exact) mass is 430 g/mol. The van der Waals surface area contributed by atoms with Crippen LogP contribution in [0.15, 0.2) is 23.3 Å². The standard InChI is InChI=1S/C21H26N4O4S/c1-11-8-21(11,18-23-19(30)29-24-18)25-15(17(26)27)7-13-6-14(22-10-16(13)25)12-4-5-28-20(2,3)9-12/h6-7,10-12,19,30H,4-5,8-9H2,1-3H3,(H,23,24)(H,26,27)/t11-,12-,19-,21-/m0/s1. The van der Waals surface area contributed by atoms with Gasteiger partial charge in [-0.1, -0.05) is 6.92 Å². The van der Waals surface area contributed by atoms with E-state index in [4.69, 9.17) is 14.6 Å². The zero-order valence-corrected chi connectivity index (χ0v) is 18.1. The molecule has 1 saturated carbocycles. The third-order valence-electron chi connectivity index (χ3n) is 6.63. The smallest absolute Gasteiger partial charge is 0.352 e. The number of carboxylic acid groups (broad SMARTS) is 1. The molecule has 30 heavy (non-hydrogen) atoms. The molecule has 0 unspecified atom stereocenters. The fourth-order valence-electron chi connectivity index (χ4n) is 5.05. The molecule has 2 aromatic heterocycles. The van der Waals surface area contributed by atoms with Gasteiger partial charge in [-0.3, -0.25) is 4.98 Å². The zero-order chi connectivity index (χ0) is 21.3. The van der Waals surface area contributed by atoms with Crippen LogP contribution >= 0.6 is 12.6 Å². The molecule has 9 heteroatoms. The Balaban J connectivity index is 1.62. The summed E-state index contributed by atoms with van der Waals surface area (Å²) in [6.07, 6.45) is 4.38. The van der Waals surface area contributed by atoms with E-state index in [0.717, 1.165) is 35.9 Å². The second-order valence-electron chi connectivity index (χ2n) is 9.19. The molecule has 2 aliphatic heterocycles. The number of ether oxygens (including phenoxy) is 1. The van der Waals surface area contributed by atoms with Crippen molar-refractivity contribution in [2.75, 3.05) is 6.61 Å². The van der Waals surface area contributed by atoms with Gasteiger partial charge in [0.15, 0.2) is 5.84 Å². The van der Waals surface area contributed by atoms with Crippen molar-refractivity contribution in [2.45, 2.75) is 62.7 Å². The number of amidine groups is 1. The highest BCUT2D eigenvalue weighted by atomic mass is 32.1. The molecule has 160 valence electrons. The first-order valence-corrected chi connectivity index (χ1v) is 10.8. The Morgan fingerprint density at radius 3 is 2.73 bits per heavy atom. The highest BCUT2D eigenvalue weighted by Gasteiger charge is 2.60. The van der Waals surface area contributed by atoms with Crippen LogP contribution in [0.1, 0.15) is 62.1 Å². The summed E-state index contributed by atoms with van der Waals surface area (Å²) in [6.45, 7) is 6.98. The maximum atomic E-state index is 12.2. The summed E-state index contributed by atoms with van der Waals surface area (Å²) >= 11 is 4.24. The fraction of sp³-hybridized carbons (Fsp3) is 0.571. The van der Waals surface area contributed by atoms with Crippen LogP contribution in [0.3, 0.4) is 0 Å². The molecular formula is C21H26N4O4S. The minimum Gasteiger partial charge on any atom is -0.477 e. The molecule has 4 heterocycles. The van der Waals surface area contributed by atoms with Gasteiger partial charge in [0.25, 0.3) is 0 Å². The zero-order valence-electron chi connectivity index (χ0n) is 17.3. The average Bonchev–Trinajstić information content (AvgIpc) is 3.03. The third-order valence-corrected chi connectivity index (χ3v) is 6.85. The van der Waals surface area contributed by atoms with Gasteiger partial charge >= 0.3 is 5.97 Å². The summed E-state index contributed by atoms with van der Waals surface area (Å²) < 4.78 is 7.70. The highest BCUT2D eigenvalue weighted by molar-refractivity contribution is 7.80. The lowest BCUT2D eigenvalue weighted by atomic mass is 9.86. The van der Waals surface area contributed by atoms with Gasteiger partial charge in [-0.15, -0.1) is 12.6 Å². The predicted molar refractivity (Wildman–Crippen MR) is 115 cm³/mol. The van der Waals surface area contributed by atoms with E-state index in [1.165, 1.54) is 0 Å². The molecule has 8 nitrogen and oxygen atoms in total. The van der Waals surface area contributed by atoms with Crippen LogP contribution in [0.25, 0.3) is 10.9 Å². The Morgan fingerprint density at radius 1 is 1.37 bits per heavy atom. The SMILES string of the molecule is C[C@H]1C[C@]1(C1=N[C@H](S)ON1)n1c(C(=O)O)cc2cc([C@H]3CCOC(C)(C)C3)ncc21. The van der Waals surface area contributed by atoms with Gasteiger partial charge in [-0.2, -0.15) is 0 Å². The number of thiol groups is 1. The maximum absolute atomic E-state index is 12.2. The number of aromatic nitrogens is 2. The van der Waals surface area contributed by atoms with Crippen molar-refractivity contribution in [3.05, 3.63) is 29.7 Å². The first-order chi connectivity index (χ1) is 14.2. The van der Waals surface area contributed by atoms with Gasteiger partial charge in [-0.25, -0.2) is 20.1 Å². The third kappa shape index (κ3) is 3.02. The van der Waals surface area contributed by atoms with Crippen molar-refractivity contribution >= 4 is 35.3 Å². The Bertz CT molecular complexity index is 1060. The van der Waals surface area contributed by atoms with Gasteiger partial charge < -0.3 is 14.4 Å². The van der Waals surface area contributed by atoms with E-state index in [-0.39, 0.29) is 17.2 Å². The number of nitrogens with zero attached hydrogens (tertiary/aromatic N) is 3. The Hall–Kier alpha value is -2.10. The van der Waals surface area contributed by atoms with Crippen LogP contribution in [0.2, 0.25) is 0 Å². The van der Waals surface area contributed by atoms with Crippen molar-refractivity contribution in [1.29, 1.82) is 0 Å². The van der Waals surface area contributed by atoms with E-state index in [2.05, 4.69) is 43.9 Å². The van der Waals surface area contributed by atoms with Crippen molar-refractivity contribution in [2.24, 2.45) is 10.9 Å². The molecule has 0 spiro atoms. The van der Waals surface area contributed by atoms with E-state index in [1.807, 2.05) is 10.6 Å². The van der Waals surface area contributed by atoms with Crippen molar-refractivity contribution in [1.82, 2.24) is 15.0 Å². The van der Waals surface area contributed by atoms with Gasteiger partial charge in [0.2, 0.25) is 5.56 Å². The summed E-state index contributed by atoms with van der Waals surface area (Å²) in [6, 6.07) is 3.78. The van der Waals surface area contributed by atoms with Gasteiger partial charge in [0.1, 0.15) is 11.2 Å². The quantitative estimate of drug-likeness (QED) is 0.644. The van der Waals surface area contributed by atoms with Crippen LogP contribution in [0.5, 0.6) is 0 Å². The summed E-state index contributed by atoms with van der Waals surface area (Å²) in [5.74, 6) is 0.143. The maximum Gasteiger partial charge on any atom is 0.352 e. The number of aromatic carboxylic acids is 1. The van der Waals surface area contributed by atoms with Crippen molar-refractivity contribution < 1.29 is 19.5 Å². The van der Waals surface area contributed by atoms with Crippen molar-refractivity contribution in [3.63, 3.8) is 0 Å². The molecule has 5 rings (SSSR count). The normalized spacial score (nSPS) is 32.7. The number of rotatable bonds is 4. The summed E-state index contributed by atoms with van der Waals surface area (Å²) in [5.41, 5.74) is 3.50. The number of hydroxylamine groups is 1. The lowest BCUT2D eigenvalue weighted by molar-refractivity contribution is -0.0597. The minimum absolute atomic E-state index is 0.180. The van der Waals surface area contributed by atoms with Crippen LogP contribution in [-0.4, -0.2) is 44.2 Å². The highest BCUT2D eigenvalue weighted by Crippen LogP contribution is 2.54. The fourth-order valence-corrected chi connectivity index (χ4v) is 5.22. The summed E-state index contributed by atoms with van der Waals surface area (Å²) in [4.78, 5) is 26.7. The second kappa shape index (κ2) is 6.70. The lowest BCUT2D eigenvalue weighted by Gasteiger charge is -2.35. The van der Waals surface area contributed by atoms with E-state index in [1.54, 1.807) is 12.3 Å². The van der Waals surface area contributed by atoms with E-state index < -0.39 is 17.1 Å². The lowest BCUT2D eigenvalue weighted by Crippen LogP contribution is -2.38. The number of nitrogens with one attached hydrogen (secondary N) is 1.